The summed E-state index contributed by atoms with van der Waals surface area (Å²) in [5.74, 6) is 1.49. The van der Waals surface area contributed by atoms with Crippen molar-refractivity contribution in [2.75, 3.05) is 20.2 Å². The van der Waals surface area contributed by atoms with E-state index >= 15 is 0 Å². The molecule has 0 radical (unpaired) electrons. The molecule has 1 aromatic carbocycles. The largest absolute Gasteiger partial charge is 0.469 e. The molecule has 2 aromatic heterocycles. The number of ether oxygens (including phenoxy) is 1. The fourth-order valence-corrected chi connectivity index (χ4v) is 9.65. The third kappa shape index (κ3) is 8.61. The summed E-state index contributed by atoms with van der Waals surface area (Å²) < 4.78 is 4.90. The lowest BCUT2D eigenvalue weighted by molar-refractivity contribution is -0.157. The van der Waals surface area contributed by atoms with Crippen molar-refractivity contribution in [3.63, 3.8) is 0 Å². The third-order valence-corrected chi connectivity index (χ3v) is 14.0. The van der Waals surface area contributed by atoms with E-state index in [1.54, 1.807) is 4.90 Å². The number of methoxy groups -OCH3 is 1. The minimum atomic E-state index is -0.304. The number of likely N-dealkylation sites (tertiary alicyclic amines) is 1. The molecule has 7 rings (SSSR count). The number of thiophene rings is 1. The van der Waals surface area contributed by atoms with Crippen LogP contribution in [0.3, 0.4) is 0 Å². The first-order valence-corrected chi connectivity index (χ1v) is 20.5. The van der Waals surface area contributed by atoms with Gasteiger partial charge in [-0.05, 0) is 110 Å². The molecule has 1 aliphatic heterocycles. The Balaban J connectivity index is 0.981. The number of nitrogens with zero attached hydrogens (tertiary/aromatic N) is 3. The summed E-state index contributed by atoms with van der Waals surface area (Å²) in [6.07, 6.45) is 16.7. The standard InChI is InChI=1S/C44H56N4O4S/c1-43(2,3)38-16-15-37(53-38)40(49)47-36-22-34(36)35(41(50)48-25-33(26-48)42(51)52-6)21-27-7-9-31(10-8-27)39-45-23-32(24-46-39)29-13-11-28(12-14-29)30-17-19-44(4,5)20-18-30/h7-10,13,15-16,23-24,28,30,33-36H,11-12,14,17-22,25-26H2,1-6H3,(H,47,49). The SMILES string of the molecule is COC(=O)C1CN(C(=O)C(Cc2ccc(-c3ncc(C4=CCC(C5CCC(C)(C)CC5)CC4)cn3)cc2)C2CC2NC(=O)c2ccc(C(C)(C)C)s2)C1. The summed E-state index contributed by atoms with van der Waals surface area (Å²) in [5, 5.41) is 3.20. The number of carbonyl (C=O) groups is 3. The zero-order valence-electron chi connectivity index (χ0n) is 32.3. The van der Waals surface area contributed by atoms with Crippen LogP contribution in [0, 0.1) is 35.0 Å². The van der Waals surface area contributed by atoms with E-state index in [0.717, 1.165) is 47.8 Å². The number of carbonyl (C=O) groups excluding carboxylic acids is 3. The van der Waals surface area contributed by atoms with Crippen molar-refractivity contribution < 1.29 is 19.1 Å². The highest BCUT2D eigenvalue weighted by Crippen LogP contribution is 2.45. The van der Waals surface area contributed by atoms with Gasteiger partial charge in [-0.25, -0.2) is 9.97 Å². The molecule has 1 saturated heterocycles. The fraction of sp³-hybridized carbons (Fsp3) is 0.568. The van der Waals surface area contributed by atoms with E-state index in [9.17, 15) is 14.4 Å². The van der Waals surface area contributed by atoms with Crippen LogP contribution in [0.25, 0.3) is 17.0 Å². The molecule has 9 heteroatoms. The van der Waals surface area contributed by atoms with Gasteiger partial charge < -0.3 is 15.0 Å². The lowest BCUT2D eigenvalue weighted by Crippen LogP contribution is -2.55. The topological polar surface area (TPSA) is 101 Å². The summed E-state index contributed by atoms with van der Waals surface area (Å²) in [6.45, 7) is 12.0. The lowest BCUT2D eigenvalue weighted by atomic mass is 9.67. The van der Waals surface area contributed by atoms with Crippen LogP contribution in [-0.2, 0) is 26.2 Å². The lowest BCUT2D eigenvalue weighted by Gasteiger charge is -2.39. The van der Waals surface area contributed by atoms with Gasteiger partial charge in [0.25, 0.3) is 5.91 Å². The molecular formula is C44H56N4O4S. The maximum Gasteiger partial charge on any atom is 0.312 e. The van der Waals surface area contributed by atoms with E-state index in [1.165, 1.54) is 61.0 Å². The van der Waals surface area contributed by atoms with Crippen LogP contribution in [0.1, 0.15) is 112 Å². The second kappa shape index (κ2) is 15.1. The summed E-state index contributed by atoms with van der Waals surface area (Å²) in [7, 11) is 1.38. The molecule has 0 bridgehead atoms. The van der Waals surface area contributed by atoms with Gasteiger partial charge in [-0.1, -0.05) is 65.0 Å². The summed E-state index contributed by atoms with van der Waals surface area (Å²) in [6, 6.07) is 12.1. The molecule has 2 amide bonds. The molecule has 3 aromatic rings. The normalized spacial score (nSPS) is 23.8. The quantitative estimate of drug-likeness (QED) is 0.210. The monoisotopic (exact) mass is 736 g/mol. The Hall–Kier alpha value is -3.85. The molecule has 3 heterocycles. The van der Waals surface area contributed by atoms with Crippen LogP contribution in [0.2, 0.25) is 0 Å². The number of rotatable bonds is 10. The number of amides is 2. The van der Waals surface area contributed by atoms with Crippen molar-refractivity contribution in [2.24, 2.45) is 35.0 Å². The number of hydrogen-bond acceptors (Lipinski definition) is 7. The Labute approximate surface area is 319 Å². The van der Waals surface area contributed by atoms with Gasteiger partial charge in [-0.2, -0.15) is 0 Å². The zero-order chi connectivity index (χ0) is 37.5. The molecular weight excluding hydrogens is 681 g/mol. The van der Waals surface area contributed by atoms with Crippen LogP contribution in [-0.4, -0.2) is 58.9 Å². The summed E-state index contributed by atoms with van der Waals surface area (Å²) in [5.41, 5.74) is 4.97. The predicted octanol–water partition coefficient (Wildman–Crippen LogP) is 8.51. The van der Waals surface area contributed by atoms with Gasteiger partial charge in [0.15, 0.2) is 5.82 Å². The number of allylic oxidation sites excluding steroid dienone is 2. The Kier molecular flexibility index (Phi) is 10.7. The van der Waals surface area contributed by atoms with Crippen molar-refractivity contribution in [2.45, 2.75) is 104 Å². The van der Waals surface area contributed by atoms with Gasteiger partial charge in [0.05, 0.1) is 17.9 Å². The fourth-order valence-electron chi connectivity index (χ4n) is 8.68. The molecule has 4 unspecified atom stereocenters. The van der Waals surface area contributed by atoms with Crippen LogP contribution in [0.4, 0.5) is 0 Å². The molecule has 4 atom stereocenters. The molecule has 282 valence electrons. The van der Waals surface area contributed by atoms with Crippen molar-refractivity contribution in [3.8, 4) is 11.4 Å². The summed E-state index contributed by atoms with van der Waals surface area (Å²) in [4.78, 5) is 52.3. The number of hydrogen-bond donors (Lipinski definition) is 1. The highest BCUT2D eigenvalue weighted by molar-refractivity contribution is 7.14. The molecule has 3 fully saturated rings. The van der Waals surface area contributed by atoms with E-state index in [2.05, 4.69) is 58.1 Å². The number of aromatic nitrogens is 2. The minimum absolute atomic E-state index is 0.0174. The second-order valence-electron chi connectivity index (χ2n) is 17.9. The number of esters is 1. The average molecular weight is 737 g/mol. The Morgan fingerprint density at radius 3 is 2.26 bits per heavy atom. The van der Waals surface area contributed by atoms with Crippen molar-refractivity contribution in [1.82, 2.24) is 20.2 Å². The third-order valence-electron chi connectivity index (χ3n) is 12.5. The van der Waals surface area contributed by atoms with E-state index in [1.807, 2.05) is 36.7 Å². The molecule has 0 spiro atoms. The van der Waals surface area contributed by atoms with Gasteiger partial charge >= 0.3 is 5.97 Å². The van der Waals surface area contributed by atoms with E-state index < -0.39 is 0 Å². The first-order chi connectivity index (χ1) is 25.3. The maximum absolute atomic E-state index is 13.9. The van der Waals surface area contributed by atoms with Crippen molar-refractivity contribution in [3.05, 3.63) is 75.7 Å². The zero-order valence-corrected chi connectivity index (χ0v) is 33.1. The molecule has 3 aliphatic carbocycles. The van der Waals surface area contributed by atoms with Gasteiger partial charge in [0.1, 0.15) is 0 Å². The Morgan fingerprint density at radius 2 is 1.66 bits per heavy atom. The van der Waals surface area contributed by atoms with Gasteiger partial charge in [0, 0.05) is 53.4 Å². The minimum Gasteiger partial charge on any atom is -0.469 e. The van der Waals surface area contributed by atoms with Crippen LogP contribution >= 0.6 is 11.3 Å². The maximum atomic E-state index is 13.9. The van der Waals surface area contributed by atoms with Gasteiger partial charge in [-0.3, -0.25) is 14.4 Å². The molecule has 4 aliphatic rings. The first-order valence-electron chi connectivity index (χ1n) is 19.7. The van der Waals surface area contributed by atoms with Crippen LogP contribution in [0.5, 0.6) is 0 Å². The van der Waals surface area contributed by atoms with E-state index in [0.29, 0.717) is 35.6 Å². The van der Waals surface area contributed by atoms with Crippen molar-refractivity contribution >= 4 is 34.7 Å². The average Bonchev–Trinajstić information content (AvgIpc) is 3.67. The smallest absolute Gasteiger partial charge is 0.312 e. The second-order valence-corrected chi connectivity index (χ2v) is 19.0. The van der Waals surface area contributed by atoms with Gasteiger partial charge in [-0.15, -0.1) is 11.3 Å². The highest BCUT2D eigenvalue weighted by Gasteiger charge is 2.50. The van der Waals surface area contributed by atoms with Gasteiger partial charge in [0.2, 0.25) is 5.91 Å². The number of benzene rings is 1. The molecule has 53 heavy (non-hydrogen) atoms. The number of nitrogens with one attached hydrogen (secondary N) is 1. The molecule has 2 saturated carbocycles. The first kappa shape index (κ1) is 37.5. The van der Waals surface area contributed by atoms with E-state index in [4.69, 9.17) is 14.7 Å². The van der Waals surface area contributed by atoms with Crippen LogP contribution in [0.15, 0.2) is 54.9 Å². The highest BCUT2D eigenvalue weighted by atomic mass is 32.1. The van der Waals surface area contributed by atoms with E-state index in [-0.39, 0.29) is 47.0 Å². The Morgan fingerprint density at radius 1 is 0.962 bits per heavy atom. The Bertz CT molecular complexity index is 1820. The molecule has 8 nitrogen and oxygen atoms in total. The summed E-state index contributed by atoms with van der Waals surface area (Å²) >= 11 is 1.53. The van der Waals surface area contributed by atoms with Crippen LogP contribution < -0.4 is 5.32 Å². The predicted molar refractivity (Wildman–Crippen MR) is 210 cm³/mol. The van der Waals surface area contributed by atoms with Crippen molar-refractivity contribution in [1.29, 1.82) is 0 Å². The molecule has 1 N–H and O–H groups in total.